The van der Waals surface area contributed by atoms with E-state index in [0.717, 1.165) is 106 Å². The van der Waals surface area contributed by atoms with E-state index in [0.29, 0.717) is 34.9 Å². The van der Waals surface area contributed by atoms with Crippen LogP contribution >= 0.6 is 0 Å². The van der Waals surface area contributed by atoms with Crippen molar-refractivity contribution in [3.8, 4) is 130 Å². The molecule has 0 aliphatic rings. The van der Waals surface area contributed by atoms with Crippen LogP contribution in [-0.4, -0.2) is 39.7 Å². The number of aromatic nitrogens is 8. The van der Waals surface area contributed by atoms with Gasteiger partial charge in [-0.05, 0) is 110 Å². The number of nitrogens with zero attached hydrogens (tertiary/aromatic N) is 8. The lowest BCUT2D eigenvalue weighted by atomic mass is 9.95. The third-order valence-corrected chi connectivity index (χ3v) is 14.6. The van der Waals surface area contributed by atoms with Gasteiger partial charge in [0.15, 0.2) is 34.9 Å². The summed E-state index contributed by atoms with van der Waals surface area (Å²) in [7, 11) is 0. The molecule has 0 saturated carbocycles. The molecule has 0 bridgehead atoms. The van der Waals surface area contributed by atoms with Crippen LogP contribution in [0.5, 0.6) is 0 Å². The first-order chi connectivity index (χ1) is 40.1. The molecule has 0 amide bonds. The zero-order valence-electron chi connectivity index (χ0n) is 43.8. The van der Waals surface area contributed by atoms with Gasteiger partial charge in [0.25, 0.3) is 0 Å². The fourth-order valence-electron chi connectivity index (χ4n) is 10.4. The van der Waals surface area contributed by atoms with Crippen LogP contribution in [0.25, 0.3) is 141 Å². The maximum Gasteiger partial charge on any atom is 0.164 e. The monoisotopic (exact) mass is 1040 g/mol. The minimum Gasteiger partial charge on any atom is -0.233 e. The first-order valence-corrected chi connectivity index (χ1v) is 26.9. The smallest absolute Gasteiger partial charge is 0.164 e. The van der Waals surface area contributed by atoms with Crippen molar-refractivity contribution < 1.29 is 0 Å². The van der Waals surface area contributed by atoms with Crippen molar-refractivity contribution in [1.82, 2.24) is 39.7 Å². The van der Waals surface area contributed by atoms with Crippen LogP contribution in [0.1, 0.15) is 0 Å². The summed E-state index contributed by atoms with van der Waals surface area (Å²) in [4.78, 5) is 29.8. The minimum absolute atomic E-state index is 0.621. The molecule has 0 radical (unpaired) electrons. The highest BCUT2D eigenvalue weighted by Gasteiger charge is 2.17. The predicted molar refractivity (Wildman–Crippen MR) is 328 cm³/mol. The molecular weight excluding hydrogens is 989 g/mol. The number of fused-ring (bicyclic) bond motifs is 1. The summed E-state index contributed by atoms with van der Waals surface area (Å²) >= 11 is 0. The molecule has 0 atom stereocenters. The molecule has 380 valence electrons. The van der Waals surface area contributed by atoms with Crippen LogP contribution in [0.3, 0.4) is 0 Å². The van der Waals surface area contributed by atoms with Crippen molar-refractivity contribution in [2.75, 3.05) is 0 Å². The largest absolute Gasteiger partial charge is 0.233 e. The lowest BCUT2D eigenvalue weighted by Gasteiger charge is -2.11. The first kappa shape index (κ1) is 48.3. The summed E-state index contributed by atoms with van der Waals surface area (Å²) in [5.74, 6) is 3.79. The van der Waals surface area contributed by atoms with Crippen molar-refractivity contribution in [1.29, 1.82) is 0 Å². The molecule has 0 aliphatic carbocycles. The Balaban J connectivity index is 0.717. The lowest BCUT2D eigenvalue weighted by molar-refractivity contribution is 0.911. The van der Waals surface area contributed by atoms with Gasteiger partial charge in [-0.3, -0.25) is 0 Å². The SMILES string of the molecule is c1ccc(-c2nc(-c3ccccc3)nc(-c3cccc(-c4cccc(-c5cccc(-c6ccc7c(cnn7-c7cccc(-c8cccc(-c9cccc(-c%10nc(-c%11ccccc%11)nc(-c%11ccccc%11)n%10)c9)c8)c7)c6)c5)c4)c3)n2)cc1. The van der Waals surface area contributed by atoms with Gasteiger partial charge in [0.05, 0.1) is 17.4 Å². The molecule has 11 aromatic carbocycles. The Kier molecular flexibility index (Phi) is 12.7. The Morgan fingerprint density at radius 1 is 0.198 bits per heavy atom. The zero-order valence-corrected chi connectivity index (χ0v) is 43.8. The number of rotatable bonds is 12. The highest BCUT2D eigenvalue weighted by atomic mass is 15.3. The third-order valence-electron chi connectivity index (χ3n) is 14.6. The van der Waals surface area contributed by atoms with Gasteiger partial charge in [0.1, 0.15) is 0 Å². The van der Waals surface area contributed by atoms with Gasteiger partial charge in [-0.2, -0.15) is 5.10 Å². The van der Waals surface area contributed by atoms with Crippen LogP contribution in [0.2, 0.25) is 0 Å². The maximum atomic E-state index is 4.99. The zero-order chi connectivity index (χ0) is 53.9. The summed E-state index contributed by atoms with van der Waals surface area (Å²) in [6.45, 7) is 0. The molecule has 8 heteroatoms. The second-order valence-corrected chi connectivity index (χ2v) is 19.9. The normalized spacial score (nSPS) is 11.2. The molecule has 81 heavy (non-hydrogen) atoms. The summed E-state index contributed by atoms with van der Waals surface area (Å²) < 4.78 is 2.03. The Morgan fingerprint density at radius 3 is 0.802 bits per heavy atom. The fourth-order valence-corrected chi connectivity index (χ4v) is 10.4. The summed E-state index contributed by atoms with van der Waals surface area (Å²) in [6.07, 6.45) is 1.96. The average Bonchev–Trinajstić information content (AvgIpc) is 4.06. The van der Waals surface area contributed by atoms with Crippen LogP contribution in [0.15, 0.2) is 291 Å². The fraction of sp³-hybridized carbons (Fsp3) is 0. The van der Waals surface area contributed by atoms with Crippen molar-refractivity contribution >= 4 is 10.9 Å². The van der Waals surface area contributed by atoms with E-state index in [1.165, 1.54) is 0 Å². The van der Waals surface area contributed by atoms with E-state index in [1.807, 2.05) is 132 Å². The van der Waals surface area contributed by atoms with E-state index < -0.39 is 0 Å². The van der Waals surface area contributed by atoms with E-state index in [9.17, 15) is 0 Å². The van der Waals surface area contributed by atoms with Gasteiger partial charge in [0.2, 0.25) is 0 Å². The van der Waals surface area contributed by atoms with Gasteiger partial charge < -0.3 is 0 Å². The molecule has 3 aromatic heterocycles. The van der Waals surface area contributed by atoms with Crippen LogP contribution in [0.4, 0.5) is 0 Å². The first-order valence-electron chi connectivity index (χ1n) is 26.9. The molecule has 0 N–H and O–H groups in total. The van der Waals surface area contributed by atoms with Gasteiger partial charge in [0, 0.05) is 38.8 Å². The molecule has 0 fully saturated rings. The third kappa shape index (κ3) is 10.1. The van der Waals surface area contributed by atoms with E-state index in [2.05, 4.69) is 164 Å². The second kappa shape index (κ2) is 21.4. The Bertz CT molecular complexity index is 4460. The summed E-state index contributed by atoms with van der Waals surface area (Å²) in [5, 5.41) is 6.00. The van der Waals surface area contributed by atoms with Gasteiger partial charge in [-0.1, -0.05) is 231 Å². The number of benzene rings is 11. The van der Waals surface area contributed by atoms with Crippen LogP contribution < -0.4 is 0 Å². The quantitative estimate of drug-likeness (QED) is 0.120. The minimum atomic E-state index is 0.621. The summed E-state index contributed by atoms with van der Waals surface area (Å²) in [6, 6.07) is 98.5. The average molecular weight is 1040 g/mol. The van der Waals surface area contributed by atoms with E-state index in [4.69, 9.17) is 35.0 Å². The molecule has 0 unspecified atom stereocenters. The van der Waals surface area contributed by atoms with E-state index in [1.54, 1.807) is 0 Å². The summed E-state index contributed by atoms with van der Waals surface area (Å²) in [5.41, 5.74) is 18.6. The van der Waals surface area contributed by atoms with E-state index in [-0.39, 0.29) is 0 Å². The Morgan fingerprint density at radius 2 is 0.457 bits per heavy atom. The van der Waals surface area contributed by atoms with Crippen molar-refractivity contribution in [3.63, 3.8) is 0 Å². The molecule has 3 heterocycles. The Hall–Kier alpha value is -11.1. The van der Waals surface area contributed by atoms with Gasteiger partial charge in [-0.15, -0.1) is 0 Å². The Labute approximate surface area is 469 Å². The molecular formula is C73H48N8. The van der Waals surface area contributed by atoms with Crippen LogP contribution in [0, 0.1) is 0 Å². The number of hydrogen-bond acceptors (Lipinski definition) is 7. The van der Waals surface area contributed by atoms with E-state index >= 15 is 0 Å². The highest BCUT2D eigenvalue weighted by molar-refractivity contribution is 5.88. The highest BCUT2D eigenvalue weighted by Crippen LogP contribution is 2.36. The number of hydrogen-bond donors (Lipinski definition) is 0. The molecule has 14 aromatic rings. The molecule has 0 saturated heterocycles. The molecule has 8 nitrogen and oxygen atoms in total. The van der Waals surface area contributed by atoms with Gasteiger partial charge in [-0.25, -0.2) is 34.6 Å². The van der Waals surface area contributed by atoms with Crippen molar-refractivity contribution in [2.24, 2.45) is 0 Å². The molecule has 0 spiro atoms. The van der Waals surface area contributed by atoms with Gasteiger partial charge >= 0.3 is 0 Å². The molecule has 14 rings (SSSR count). The molecule has 0 aliphatic heterocycles. The topological polar surface area (TPSA) is 95.2 Å². The van der Waals surface area contributed by atoms with Crippen molar-refractivity contribution in [2.45, 2.75) is 0 Å². The predicted octanol–water partition coefficient (Wildman–Crippen LogP) is 17.7. The van der Waals surface area contributed by atoms with Crippen LogP contribution in [-0.2, 0) is 0 Å². The standard InChI is InChI=1S/C73H48N8/c1-5-19-49(20-6-1)68-75-69(50-21-7-2-8-22-50)78-72(77-68)63-36-16-33-59(44-63)55-29-13-27-53(41-55)54-28-15-32-58(43-54)62-39-40-67-65(46-62)48-74-81(67)66-38-18-35-61(47-66)57-31-14-30-56(42-57)60-34-17-37-64(45-60)73-79-70(51-23-9-3-10-24-51)76-71(80-73)52-25-11-4-12-26-52/h1-48H. The second-order valence-electron chi connectivity index (χ2n) is 19.9. The van der Waals surface area contributed by atoms with Crippen molar-refractivity contribution in [3.05, 3.63) is 291 Å². The lowest BCUT2D eigenvalue weighted by Crippen LogP contribution is -2.00. The maximum absolute atomic E-state index is 4.99.